The summed E-state index contributed by atoms with van der Waals surface area (Å²) in [4.78, 5) is 6.95. The number of fused-ring (bicyclic) bond motifs is 3. The number of rotatable bonds is 3. The number of aryl methyl sites for hydroxylation is 4. The van der Waals surface area contributed by atoms with Gasteiger partial charge in [0, 0.05) is 59.1 Å². The number of aromatic nitrogens is 2. The number of likely N-dealkylation sites (N-methyl/N-ethyl adjacent to an activating group) is 1. The van der Waals surface area contributed by atoms with Crippen molar-refractivity contribution >= 4 is 10.9 Å². The zero-order chi connectivity index (χ0) is 18.5. The zero-order valence-electron chi connectivity index (χ0n) is 16.6. The Morgan fingerprint density at radius 2 is 1.92 bits per heavy atom. The molecule has 1 aliphatic rings. The first-order valence-electron chi connectivity index (χ1n) is 9.63. The number of benzene rings is 1. The number of hydrogen-bond acceptors (Lipinski definition) is 2. The Bertz CT molecular complexity index is 948. The third kappa shape index (κ3) is 2.75. The van der Waals surface area contributed by atoms with E-state index in [1.165, 1.54) is 33.3 Å². The average molecular weight is 348 g/mol. The molecule has 0 saturated heterocycles. The number of pyridine rings is 1. The van der Waals surface area contributed by atoms with Gasteiger partial charge in [-0.3, -0.25) is 9.88 Å². The van der Waals surface area contributed by atoms with Gasteiger partial charge in [-0.1, -0.05) is 17.7 Å². The van der Waals surface area contributed by atoms with Gasteiger partial charge < -0.3 is 4.57 Å². The standard InChI is InChI=1S/C23H29N3/c1-16-6-9-20-19(14-16)22-21(11-12-25(5)23(22,3)4)26(20)13-10-18-8-7-17(2)24-15-18/h6-9,14-15H,10-13H2,1-5H3. The quantitative estimate of drug-likeness (QED) is 0.689. The predicted molar refractivity (Wildman–Crippen MR) is 109 cm³/mol. The van der Waals surface area contributed by atoms with Gasteiger partial charge in [-0.2, -0.15) is 0 Å². The van der Waals surface area contributed by atoms with E-state index in [1.54, 1.807) is 0 Å². The second-order valence-corrected chi connectivity index (χ2v) is 8.28. The summed E-state index contributed by atoms with van der Waals surface area (Å²) in [6, 6.07) is 11.3. The van der Waals surface area contributed by atoms with Gasteiger partial charge in [0.15, 0.2) is 0 Å². The SMILES string of the molecule is Cc1ccc2c(c1)c1c(n2CCc2ccc(C)nc2)CCN(C)C1(C)C. The van der Waals surface area contributed by atoms with E-state index in [0.717, 1.165) is 31.6 Å². The van der Waals surface area contributed by atoms with Crippen LogP contribution in [0.1, 0.15) is 41.9 Å². The van der Waals surface area contributed by atoms with Crippen molar-refractivity contribution in [3.05, 3.63) is 64.6 Å². The Morgan fingerprint density at radius 1 is 1.12 bits per heavy atom. The fourth-order valence-corrected chi connectivity index (χ4v) is 4.35. The largest absolute Gasteiger partial charge is 0.344 e. The zero-order valence-corrected chi connectivity index (χ0v) is 16.6. The molecule has 0 bridgehead atoms. The van der Waals surface area contributed by atoms with Crippen molar-refractivity contribution in [2.24, 2.45) is 0 Å². The van der Waals surface area contributed by atoms with Crippen LogP contribution in [-0.2, 0) is 24.9 Å². The predicted octanol–water partition coefficient (Wildman–Crippen LogP) is 4.62. The van der Waals surface area contributed by atoms with E-state index in [-0.39, 0.29) is 5.54 Å². The highest BCUT2D eigenvalue weighted by Gasteiger charge is 2.36. The smallest absolute Gasteiger partial charge is 0.0486 e. The van der Waals surface area contributed by atoms with E-state index in [1.807, 2.05) is 13.1 Å². The van der Waals surface area contributed by atoms with Gasteiger partial charge in [-0.15, -0.1) is 0 Å². The third-order valence-corrected chi connectivity index (χ3v) is 6.17. The summed E-state index contributed by atoms with van der Waals surface area (Å²) in [7, 11) is 2.25. The fraction of sp³-hybridized carbons (Fsp3) is 0.435. The molecule has 0 fully saturated rings. The second kappa shape index (κ2) is 6.24. The van der Waals surface area contributed by atoms with Crippen LogP contribution in [0.5, 0.6) is 0 Å². The monoisotopic (exact) mass is 347 g/mol. The molecule has 0 amide bonds. The molecule has 26 heavy (non-hydrogen) atoms. The van der Waals surface area contributed by atoms with Crippen LogP contribution >= 0.6 is 0 Å². The van der Waals surface area contributed by atoms with E-state index in [9.17, 15) is 0 Å². The Morgan fingerprint density at radius 3 is 2.65 bits per heavy atom. The first-order chi connectivity index (χ1) is 12.4. The molecular formula is C23H29N3. The minimum absolute atomic E-state index is 0.0658. The number of nitrogens with zero attached hydrogens (tertiary/aromatic N) is 3. The summed E-state index contributed by atoms with van der Waals surface area (Å²) in [6.45, 7) is 11.1. The fourth-order valence-electron chi connectivity index (χ4n) is 4.35. The lowest BCUT2D eigenvalue weighted by Crippen LogP contribution is -2.44. The minimum atomic E-state index is 0.0658. The summed E-state index contributed by atoms with van der Waals surface area (Å²) in [6.07, 6.45) is 4.16. The van der Waals surface area contributed by atoms with E-state index in [2.05, 4.69) is 72.6 Å². The molecule has 1 aliphatic heterocycles. The van der Waals surface area contributed by atoms with Gasteiger partial charge in [0.25, 0.3) is 0 Å². The Labute approximate surface area is 156 Å². The molecular weight excluding hydrogens is 318 g/mol. The molecule has 0 spiro atoms. The average Bonchev–Trinajstić information content (AvgIpc) is 2.92. The highest BCUT2D eigenvalue weighted by molar-refractivity contribution is 5.87. The van der Waals surface area contributed by atoms with Gasteiger partial charge in [-0.25, -0.2) is 0 Å². The van der Waals surface area contributed by atoms with Crippen molar-refractivity contribution in [1.82, 2.24) is 14.5 Å². The van der Waals surface area contributed by atoms with E-state index >= 15 is 0 Å². The Kier molecular flexibility index (Phi) is 4.15. The molecule has 136 valence electrons. The molecule has 0 aliphatic carbocycles. The highest BCUT2D eigenvalue weighted by Crippen LogP contribution is 2.41. The van der Waals surface area contributed by atoms with Crippen LogP contribution in [0, 0.1) is 13.8 Å². The molecule has 2 aromatic heterocycles. The van der Waals surface area contributed by atoms with Crippen LogP contribution in [0.15, 0.2) is 36.5 Å². The maximum absolute atomic E-state index is 4.46. The lowest BCUT2D eigenvalue weighted by atomic mass is 9.85. The summed E-state index contributed by atoms with van der Waals surface area (Å²) in [5.41, 5.74) is 8.22. The van der Waals surface area contributed by atoms with Crippen molar-refractivity contribution < 1.29 is 0 Å². The van der Waals surface area contributed by atoms with Crippen LogP contribution in [0.2, 0.25) is 0 Å². The van der Waals surface area contributed by atoms with Crippen LogP contribution in [0.3, 0.4) is 0 Å². The molecule has 3 aromatic rings. The lowest BCUT2D eigenvalue weighted by Gasteiger charge is -2.40. The molecule has 0 saturated carbocycles. The van der Waals surface area contributed by atoms with E-state index < -0.39 is 0 Å². The van der Waals surface area contributed by atoms with Crippen molar-refractivity contribution in [3.8, 4) is 0 Å². The molecule has 0 atom stereocenters. The van der Waals surface area contributed by atoms with Gasteiger partial charge in [0.2, 0.25) is 0 Å². The highest BCUT2D eigenvalue weighted by atomic mass is 15.2. The van der Waals surface area contributed by atoms with Gasteiger partial charge in [-0.05, 0) is 64.9 Å². The normalized spacial score (nSPS) is 16.8. The molecule has 3 heteroatoms. The summed E-state index contributed by atoms with van der Waals surface area (Å²) in [5, 5.41) is 1.43. The maximum Gasteiger partial charge on any atom is 0.0486 e. The topological polar surface area (TPSA) is 21.1 Å². The maximum atomic E-state index is 4.46. The summed E-state index contributed by atoms with van der Waals surface area (Å²) in [5.74, 6) is 0. The second-order valence-electron chi connectivity index (χ2n) is 8.28. The van der Waals surface area contributed by atoms with E-state index in [0.29, 0.717) is 0 Å². The molecule has 4 rings (SSSR count). The molecule has 3 nitrogen and oxygen atoms in total. The van der Waals surface area contributed by atoms with E-state index in [4.69, 9.17) is 0 Å². The number of hydrogen-bond donors (Lipinski definition) is 0. The molecule has 0 unspecified atom stereocenters. The molecule has 1 aromatic carbocycles. The molecule has 3 heterocycles. The minimum Gasteiger partial charge on any atom is -0.344 e. The van der Waals surface area contributed by atoms with Crippen molar-refractivity contribution in [3.63, 3.8) is 0 Å². The Hall–Kier alpha value is -2.13. The van der Waals surface area contributed by atoms with Gasteiger partial charge >= 0.3 is 0 Å². The summed E-state index contributed by atoms with van der Waals surface area (Å²) >= 11 is 0. The van der Waals surface area contributed by atoms with Crippen LogP contribution in [0.25, 0.3) is 10.9 Å². The van der Waals surface area contributed by atoms with Crippen LogP contribution in [-0.4, -0.2) is 28.0 Å². The molecule has 0 radical (unpaired) electrons. The van der Waals surface area contributed by atoms with Crippen molar-refractivity contribution in [2.75, 3.05) is 13.6 Å². The van der Waals surface area contributed by atoms with Gasteiger partial charge in [0.05, 0.1) is 0 Å². The Balaban J connectivity index is 1.81. The van der Waals surface area contributed by atoms with Crippen molar-refractivity contribution in [2.45, 2.75) is 52.6 Å². The van der Waals surface area contributed by atoms with Gasteiger partial charge in [0.1, 0.15) is 0 Å². The third-order valence-electron chi connectivity index (χ3n) is 6.17. The first kappa shape index (κ1) is 17.3. The molecule has 0 N–H and O–H groups in total. The van der Waals surface area contributed by atoms with Crippen molar-refractivity contribution in [1.29, 1.82) is 0 Å². The summed E-state index contributed by atoms with van der Waals surface area (Å²) < 4.78 is 2.57. The van der Waals surface area contributed by atoms with Crippen LogP contribution < -0.4 is 0 Å². The van der Waals surface area contributed by atoms with Crippen LogP contribution in [0.4, 0.5) is 0 Å². The first-order valence-corrected chi connectivity index (χ1v) is 9.63. The lowest BCUT2D eigenvalue weighted by molar-refractivity contribution is 0.143.